The first kappa shape index (κ1) is 21.1. The van der Waals surface area contributed by atoms with Gasteiger partial charge in [-0.3, -0.25) is 0 Å². The standard InChI is InChI=1S/C24H23F2N5O2/c25-19-9-8-17(14-20(19)26)33-22-18-15-31(24(32)27-16-6-2-1-3-7-16)13-10-21(18)28-23(29-22)30-11-4-5-12-30/h1-3,6-9,14H,4-5,10-13,15H2,(H,27,32). The van der Waals surface area contributed by atoms with Gasteiger partial charge in [-0.1, -0.05) is 18.2 Å². The Labute approximate surface area is 190 Å². The summed E-state index contributed by atoms with van der Waals surface area (Å²) in [6, 6.07) is 12.3. The summed E-state index contributed by atoms with van der Waals surface area (Å²) >= 11 is 0. The van der Waals surface area contributed by atoms with Gasteiger partial charge in [0.15, 0.2) is 11.6 Å². The van der Waals surface area contributed by atoms with Gasteiger partial charge in [-0.2, -0.15) is 4.98 Å². The van der Waals surface area contributed by atoms with E-state index in [1.807, 2.05) is 30.3 Å². The molecule has 33 heavy (non-hydrogen) atoms. The first-order valence-corrected chi connectivity index (χ1v) is 11.0. The minimum atomic E-state index is -1.00. The molecule has 0 radical (unpaired) electrons. The van der Waals surface area contributed by atoms with Gasteiger partial charge in [0.2, 0.25) is 11.8 Å². The second kappa shape index (κ2) is 9.01. The minimum absolute atomic E-state index is 0.132. The van der Waals surface area contributed by atoms with E-state index in [0.29, 0.717) is 30.2 Å². The van der Waals surface area contributed by atoms with Crippen LogP contribution in [0, 0.1) is 11.6 Å². The third-order valence-electron chi connectivity index (χ3n) is 5.82. The van der Waals surface area contributed by atoms with Crippen LogP contribution in [0.3, 0.4) is 0 Å². The van der Waals surface area contributed by atoms with Gasteiger partial charge in [0.05, 0.1) is 17.8 Å². The molecule has 0 saturated carbocycles. The van der Waals surface area contributed by atoms with Crippen molar-refractivity contribution in [3.8, 4) is 11.6 Å². The van der Waals surface area contributed by atoms with E-state index in [4.69, 9.17) is 9.72 Å². The molecule has 2 aromatic carbocycles. The zero-order valence-corrected chi connectivity index (χ0v) is 17.9. The third kappa shape index (κ3) is 4.57. The molecule has 0 bridgehead atoms. The summed E-state index contributed by atoms with van der Waals surface area (Å²) in [7, 11) is 0. The topological polar surface area (TPSA) is 70.6 Å². The number of halogens is 2. The lowest BCUT2D eigenvalue weighted by Crippen LogP contribution is -2.39. The Hall–Kier alpha value is -3.75. The van der Waals surface area contributed by atoms with Crippen LogP contribution in [-0.4, -0.2) is 40.5 Å². The number of anilines is 2. The highest BCUT2D eigenvalue weighted by atomic mass is 19.2. The van der Waals surface area contributed by atoms with Crippen LogP contribution in [0.5, 0.6) is 11.6 Å². The van der Waals surface area contributed by atoms with Gasteiger partial charge >= 0.3 is 6.03 Å². The second-order valence-corrected chi connectivity index (χ2v) is 8.09. The minimum Gasteiger partial charge on any atom is -0.438 e. The summed E-state index contributed by atoms with van der Waals surface area (Å²) in [6.45, 7) is 2.45. The predicted octanol–water partition coefficient (Wildman–Crippen LogP) is 4.74. The Kier molecular flexibility index (Phi) is 5.77. The summed E-state index contributed by atoms with van der Waals surface area (Å²) in [5.74, 6) is -1.00. The Bertz CT molecular complexity index is 1170. The fourth-order valence-corrected chi connectivity index (χ4v) is 4.06. The number of nitrogens with one attached hydrogen (secondary N) is 1. The molecule has 0 unspecified atom stereocenters. The van der Waals surface area contributed by atoms with E-state index >= 15 is 0 Å². The number of rotatable bonds is 4. The quantitative estimate of drug-likeness (QED) is 0.621. The lowest BCUT2D eigenvalue weighted by atomic mass is 10.1. The molecule has 0 atom stereocenters. The van der Waals surface area contributed by atoms with Gasteiger partial charge in [0.1, 0.15) is 5.75 Å². The lowest BCUT2D eigenvalue weighted by Gasteiger charge is -2.30. The number of benzene rings is 2. The number of para-hydroxylation sites is 1. The van der Waals surface area contributed by atoms with Gasteiger partial charge in [0, 0.05) is 37.8 Å². The molecular formula is C24H23F2N5O2. The van der Waals surface area contributed by atoms with Crippen LogP contribution in [0.15, 0.2) is 48.5 Å². The van der Waals surface area contributed by atoms with E-state index in [2.05, 4.69) is 15.2 Å². The summed E-state index contributed by atoms with van der Waals surface area (Å²) < 4.78 is 33.1. The van der Waals surface area contributed by atoms with E-state index in [1.54, 1.807) is 4.90 Å². The van der Waals surface area contributed by atoms with Crippen molar-refractivity contribution in [2.75, 3.05) is 29.9 Å². The van der Waals surface area contributed by atoms with E-state index in [-0.39, 0.29) is 24.2 Å². The molecule has 170 valence electrons. The normalized spacial score (nSPS) is 15.3. The van der Waals surface area contributed by atoms with Crippen LogP contribution < -0.4 is 15.0 Å². The number of aromatic nitrogens is 2. The molecule has 0 spiro atoms. The maximum atomic E-state index is 13.8. The fourth-order valence-electron chi connectivity index (χ4n) is 4.06. The predicted molar refractivity (Wildman–Crippen MR) is 119 cm³/mol. The van der Waals surface area contributed by atoms with Crippen LogP contribution in [0.4, 0.5) is 25.2 Å². The summed E-state index contributed by atoms with van der Waals surface area (Å²) in [5, 5.41) is 2.89. The monoisotopic (exact) mass is 451 g/mol. The maximum Gasteiger partial charge on any atom is 0.322 e. The van der Waals surface area contributed by atoms with Crippen LogP contribution in [-0.2, 0) is 13.0 Å². The first-order valence-electron chi connectivity index (χ1n) is 11.0. The van der Waals surface area contributed by atoms with Crippen molar-refractivity contribution in [1.82, 2.24) is 14.9 Å². The zero-order chi connectivity index (χ0) is 22.8. The highest BCUT2D eigenvalue weighted by Crippen LogP contribution is 2.32. The van der Waals surface area contributed by atoms with Crippen molar-refractivity contribution >= 4 is 17.7 Å². The first-order chi connectivity index (χ1) is 16.1. The van der Waals surface area contributed by atoms with Crippen LogP contribution in [0.25, 0.3) is 0 Å². The van der Waals surface area contributed by atoms with E-state index in [0.717, 1.165) is 43.8 Å². The van der Waals surface area contributed by atoms with Gasteiger partial charge in [-0.25, -0.2) is 18.6 Å². The molecule has 3 aromatic rings. The number of fused-ring (bicyclic) bond motifs is 1. The molecule has 9 heteroatoms. The van der Waals surface area contributed by atoms with Gasteiger partial charge < -0.3 is 19.9 Å². The molecule has 2 aliphatic heterocycles. The molecule has 1 N–H and O–H groups in total. The molecule has 1 saturated heterocycles. The van der Waals surface area contributed by atoms with Crippen molar-refractivity contribution in [2.45, 2.75) is 25.8 Å². The highest BCUT2D eigenvalue weighted by molar-refractivity contribution is 5.89. The number of amides is 2. The highest BCUT2D eigenvalue weighted by Gasteiger charge is 2.28. The summed E-state index contributed by atoms with van der Waals surface area (Å²) in [5.41, 5.74) is 2.16. The average molecular weight is 451 g/mol. The van der Waals surface area contributed by atoms with Gasteiger partial charge in [-0.15, -0.1) is 0 Å². The Morgan fingerprint density at radius 2 is 1.76 bits per heavy atom. The second-order valence-electron chi connectivity index (χ2n) is 8.09. The lowest BCUT2D eigenvalue weighted by molar-refractivity contribution is 0.205. The fraction of sp³-hybridized carbons (Fsp3) is 0.292. The number of carbonyl (C=O) groups excluding carboxylic acids is 1. The van der Waals surface area contributed by atoms with E-state index in [9.17, 15) is 13.6 Å². The number of urea groups is 1. The molecular weight excluding hydrogens is 428 g/mol. The summed E-state index contributed by atoms with van der Waals surface area (Å²) in [6.07, 6.45) is 2.66. The SMILES string of the molecule is O=C(Nc1ccccc1)N1CCc2nc(N3CCCC3)nc(Oc3ccc(F)c(F)c3)c2C1. The van der Waals surface area contributed by atoms with Gasteiger partial charge in [-0.05, 0) is 37.1 Å². The smallest absolute Gasteiger partial charge is 0.322 e. The summed E-state index contributed by atoms with van der Waals surface area (Å²) in [4.78, 5) is 25.9. The third-order valence-corrected chi connectivity index (χ3v) is 5.82. The molecule has 0 aliphatic carbocycles. The number of ether oxygens (including phenoxy) is 1. The Morgan fingerprint density at radius 1 is 0.970 bits per heavy atom. The Morgan fingerprint density at radius 3 is 2.52 bits per heavy atom. The molecule has 1 fully saturated rings. The Balaban J connectivity index is 1.44. The molecule has 3 heterocycles. The largest absolute Gasteiger partial charge is 0.438 e. The molecule has 5 rings (SSSR count). The van der Waals surface area contributed by atoms with E-state index in [1.165, 1.54) is 6.07 Å². The van der Waals surface area contributed by atoms with Crippen molar-refractivity contribution in [2.24, 2.45) is 0 Å². The average Bonchev–Trinajstić information content (AvgIpc) is 3.37. The van der Waals surface area contributed by atoms with Crippen LogP contribution in [0.1, 0.15) is 24.1 Å². The zero-order valence-electron chi connectivity index (χ0n) is 17.9. The maximum absolute atomic E-state index is 13.8. The van der Waals surface area contributed by atoms with Gasteiger partial charge in [0.25, 0.3) is 0 Å². The molecule has 7 nitrogen and oxygen atoms in total. The van der Waals surface area contributed by atoms with Crippen molar-refractivity contribution in [3.05, 3.63) is 71.4 Å². The molecule has 2 aliphatic rings. The van der Waals surface area contributed by atoms with Crippen molar-refractivity contribution in [1.29, 1.82) is 0 Å². The number of hydrogen-bond acceptors (Lipinski definition) is 5. The number of hydrogen-bond donors (Lipinski definition) is 1. The van der Waals surface area contributed by atoms with Crippen molar-refractivity contribution < 1.29 is 18.3 Å². The molecule has 1 aromatic heterocycles. The van der Waals surface area contributed by atoms with Crippen LogP contribution >= 0.6 is 0 Å². The van der Waals surface area contributed by atoms with Crippen molar-refractivity contribution in [3.63, 3.8) is 0 Å². The van der Waals surface area contributed by atoms with E-state index < -0.39 is 11.6 Å². The number of carbonyl (C=O) groups is 1. The number of nitrogens with zero attached hydrogens (tertiary/aromatic N) is 4. The molecule has 2 amide bonds. The van der Waals surface area contributed by atoms with Crippen LogP contribution in [0.2, 0.25) is 0 Å².